The van der Waals surface area contributed by atoms with E-state index in [1.54, 1.807) is 36.4 Å². The predicted molar refractivity (Wildman–Crippen MR) is 62.8 cm³/mol. The fourth-order valence-electron chi connectivity index (χ4n) is 0.825. The molecule has 18 heavy (non-hydrogen) atoms. The molecule has 93 valence electrons. The second kappa shape index (κ2) is 9.72. The van der Waals surface area contributed by atoms with Crippen molar-refractivity contribution in [2.45, 2.75) is 10.1 Å². The second-order valence-electron chi connectivity index (χ2n) is 2.73. The van der Waals surface area contributed by atoms with Crippen molar-refractivity contribution in [3.8, 4) is 0 Å². The van der Waals surface area contributed by atoms with E-state index in [2.05, 4.69) is 25.3 Å². The number of hydrogen-bond donors (Lipinski definition) is 0. The van der Waals surface area contributed by atoms with Gasteiger partial charge in [0.15, 0.2) is 12.4 Å². The molecule has 0 amide bonds. The molecule has 0 saturated heterocycles. The summed E-state index contributed by atoms with van der Waals surface area (Å²) in [7, 11) is 0. The van der Waals surface area contributed by atoms with Gasteiger partial charge in [0.25, 0.3) is 0 Å². The van der Waals surface area contributed by atoms with E-state index in [9.17, 15) is 10.4 Å². The van der Waals surface area contributed by atoms with Crippen molar-refractivity contribution in [1.29, 1.82) is 0 Å². The molecule has 0 unspecified atom stereocenters. The van der Waals surface area contributed by atoms with Crippen LogP contribution in [-0.2, 0) is 46.3 Å². The Morgan fingerprint density at radius 2 is 1.17 bits per heavy atom. The van der Waals surface area contributed by atoms with E-state index in [0.29, 0.717) is 19.5 Å². The molecule has 0 spiro atoms. The Balaban J connectivity index is 0.000000283. The third kappa shape index (κ3) is 6.46. The van der Waals surface area contributed by atoms with Crippen LogP contribution in [0.3, 0.4) is 0 Å². The number of aromatic nitrogens is 2. The van der Waals surface area contributed by atoms with Gasteiger partial charge in [0.2, 0.25) is 0 Å². The third-order valence-corrected chi connectivity index (χ3v) is 2.21. The molecule has 0 saturated carbocycles. The minimum atomic E-state index is 0.313. The van der Waals surface area contributed by atoms with Crippen molar-refractivity contribution < 1.29 is 30.5 Å². The molecule has 0 aliphatic rings. The zero-order valence-electron chi connectivity index (χ0n) is 9.00. The molecule has 8 heteroatoms. The zero-order chi connectivity index (χ0) is 14.0. The fourth-order valence-corrected chi connectivity index (χ4v) is 1.10. The number of nitrogens with zero attached hydrogens (tertiary/aromatic N) is 2. The summed E-state index contributed by atoms with van der Waals surface area (Å²) in [6.07, 6.45) is 2.75. The third-order valence-electron chi connectivity index (χ3n) is 1.58. The first-order valence-corrected chi connectivity index (χ1v) is 5.88. The van der Waals surface area contributed by atoms with Gasteiger partial charge in [0, 0.05) is 12.1 Å². The van der Waals surface area contributed by atoms with Crippen LogP contribution in [0.2, 0.25) is 0 Å². The maximum atomic E-state index is 10.4. The number of rotatable bonds is 0. The van der Waals surface area contributed by atoms with Crippen LogP contribution >= 0.6 is 0 Å². The van der Waals surface area contributed by atoms with Gasteiger partial charge in [-0.1, -0.05) is 12.1 Å². The Morgan fingerprint density at radius 1 is 0.833 bits per heavy atom. The molecule has 0 aliphatic carbocycles. The van der Waals surface area contributed by atoms with Gasteiger partial charge in [-0.25, -0.2) is 0 Å². The Morgan fingerprint density at radius 3 is 1.33 bits per heavy atom. The van der Waals surface area contributed by atoms with E-state index in [1.807, 2.05) is 0 Å². The first-order chi connectivity index (χ1) is 8.61. The summed E-state index contributed by atoms with van der Waals surface area (Å²) in [4.78, 5) is 0. The van der Waals surface area contributed by atoms with Crippen LogP contribution in [0, 0.1) is 10.4 Å². The van der Waals surface area contributed by atoms with Crippen LogP contribution in [0.15, 0.2) is 58.8 Å². The van der Waals surface area contributed by atoms with Crippen LogP contribution in [0.4, 0.5) is 0 Å². The van der Waals surface area contributed by atoms with Gasteiger partial charge >= 0.3 is 21.0 Å². The van der Waals surface area contributed by atoms with Gasteiger partial charge in [-0.05, 0) is 12.1 Å². The monoisotopic (exact) mass is 319 g/mol. The molecule has 2 aromatic heterocycles. The summed E-state index contributed by atoms with van der Waals surface area (Å²) < 4.78 is 9.48. The van der Waals surface area contributed by atoms with Gasteiger partial charge in [0.1, 0.15) is 0 Å². The first-order valence-electron chi connectivity index (χ1n) is 4.50. The van der Waals surface area contributed by atoms with Gasteiger partial charge < -0.3 is 35.7 Å². The molecule has 5 nitrogen and oxygen atoms in total. The van der Waals surface area contributed by atoms with Crippen molar-refractivity contribution >= 4 is 25.3 Å². The van der Waals surface area contributed by atoms with Crippen molar-refractivity contribution in [2.75, 3.05) is 0 Å². The van der Waals surface area contributed by atoms with E-state index in [1.165, 1.54) is 12.4 Å². The zero-order valence-corrected chi connectivity index (χ0v) is 12.0. The first kappa shape index (κ1) is 16.7. The molecule has 0 radical (unpaired) electrons. The molecular weight excluding hydrogens is 311 g/mol. The molecule has 0 aliphatic heterocycles. The van der Waals surface area contributed by atoms with E-state index < -0.39 is 0 Å². The fraction of sp³-hybridized carbons (Fsp3) is 0. The van der Waals surface area contributed by atoms with Crippen LogP contribution in [0.25, 0.3) is 0 Å². The molecular formula is C10H8N2O3S2V. The van der Waals surface area contributed by atoms with E-state index in [0.717, 1.165) is 17.4 Å². The number of pyridine rings is 2. The Labute approximate surface area is 125 Å². The molecule has 2 aromatic rings. The van der Waals surface area contributed by atoms with E-state index >= 15 is 0 Å². The molecule has 0 bridgehead atoms. The Bertz CT molecular complexity index is 403. The van der Waals surface area contributed by atoms with Crippen LogP contribution in [0.1, 0.15) is 0 Å². The molecule has 2 heterocycles. The van der Waals surface area contributed by atoms with Crippen molar-refractivity contribution in [2.24, 2.45) is 0 Å². The van der Waals surface area contributed by atoms with Gasteiger partial charge in [0.05, 0.1) is 10.1 Å². The molecule has 0 N–H and O–H groups in total. The Hall–Kier alpha value is -1.28. The number of hydrogen-bond acceptors (Lipinski definition) is 5. The van der Waals surface area contributed by atoms with Gasteiger partial charge in [-0.15, -0.1) is 0 Å². The molecule has 0 atom stereocenters. The summed E-state index contributed by atoms with van der Waals surface area (Å²) in [6.45, 7) is 0. The standard InChI is InChI=1S/2C5H5NOS.O.V/c2*7-6-4-2-1-3-5(6)8;;/h2*1-4,8H;;/q;;;+2/p-2. The summed E-state index contributed by atoms with van der Waals surface area (Å²) in [6, 6.07) is 9.92. The normalized spacial score (nSPS) is 8.33. The summed E-state index contributed by atoms with van der Waals surface area (Å²) in [5.41, 5.74) is 0. The topological polar surface area (TPSA) is 71.0 Å². The summed E-state index contributed by atoms with van der Waals surface area (Å²) >= 11 is 10.3. The van der Waals surface area contributed by atoms with Crippen LogP contribution < -0.4 is 9.46 Å². The summed E-state index contributed by atoms with van der Waals surface area (Å²) in [5.74, 6) is 0. The van der Waals surface area contributed by atoms with Crippen LogP contribution in [-0.4, -0.2) is 0 Å². The average Bonchev–Trinajstić information content (AvgIpc) is 2.40. The van der Waals surface area contributed by atoms with Crippen molar-refractivity contribution in [3.63, 3.8) is 0 Å². The molecule has 2 rings (SSSR count). The van der Waals surface area contributed by atoms with E-state index in [-0.39, 0.29) is 0 Å². The maximum absolute atomic E-state index is 10.4. The quantitative estimate of drug-likeness (QED) is 0.398. The van der Waals surface area contributed by atoms with Crippen molar-refractivity contribution in [3.05, 3.63) is 59.2 Å². The van der Waals surface area contributed by atoms with E-state index in [4.69, 9.17) is 3.67 Å². The predicted octanol–water partition coefficient (Wildman–Crippen LogP) is 0.330. The summed E-state index contributed by atoms with van der Waals surface area (Å²) in [5, 5.41) is 21.5. The van der Waals surface area contributed by atoms with Crippen molar-refractivity contribution in [1.82, 2.24) is 0 Å². The Kier molecular flexibility index (Phi) is 9.03. The van der Waals surface area contributed by atoms with Gasteiger partial charge in [-0.2, -0.15) is 9.46 Å². The average molecular weight is 319 g/mol. The second-order valence-corrected chi connectivity index (χ2v) is 3.57. The minimum absolute atomic E-state index is 0.313. The molecule has 0 aromatic carbocycles. The van der Waals surface area contributed by atoms with Gasteiger partial charge in [-0.3, -0.25) is 0 Å². The molecule has 0 fully saturated rings. The van der Waals surface area contributed by atoms with Crippen LogP contribution in [0.5, 0.6) is 0 Å². The SMILES string of the molecule is [O-][n+]1ccccc1[S-].[O-][n+]1ccccc1[S-].[O]=[V+2].